The average molecular weight is 371 g/mol. The van der Waals surface area contributed by atoms with Gasteiger partial charge in [0.25, 0.3) is 11.8 Å². The topological polar surface area (TPSA) is 87.7 Å². The molecule has 0 bridgehead atoms. The zero-order valence-electron chi connectivity index (χ0n) is 14.6. The number of hydroxylamine groups is 1. The van der Waals surface area contributed by atoms with E-state index in [1.165, 1.54) is 31.2 Å². The number of halogens is 1. The molecule has 1 heterocycles. The van der Waals surface area contributed by atoms with E-state index in [1.54, 1.807) is 0 Å². The second kappa shape index (κ2) is 7.55. The maximum atomic E-state index is 13.1. The fourth-order valence-corrected chi connectivity index (χ4v) is 2.77. The van der Waals surface area contributed by atoms with Gasteiger partial charge in [-0.3, -0.25) is 19.3 Å². The van der Waals surface area contributed by atoms with Gasteiger partial charge in [0, 0.05) is 0 Å². The number of carbonyl (C=O) groups is 3. The quantitative estimate of drug-likeness (QED) is 0.599. The molecule has 1 atom stereocenters. The normalized spacial score (nSPS) is 19.1. The Labute approximate surface area is 155 Å². The van der Waals surface area contributed by atoms with Gasteiger partial charge >= 0.3 is 6.03 Å². The van der Waals surface area contributed by atoms with E-state index in [0.717, 1.165) is 10.5 Å². The van der Waals surface area contributed by atoms with E-state index in [9.17, 15) is 18.8 Å². The lowest BCUT2D eigenvalue weighted by Crippen LogP contribution is -2.43. The Morgan fingerprint density at radius 2 is 1.81 bits per heavy atom. The maximum absolute atomic E-state index is 13.1. The van der Waals surface area contributed by atoms with E-state index in [0.29, 0.717) is 5.56 Å². The lowest BCUT2D eigenvalue weighted by Gasteiger charge is -2.22. The molecule has 1 aliphatic rings. The SMILES string of the molecule is C[C@@]1(c2ccc(F)cc2)NC(=O)N(CC(=O)NOCc2ccccc2)C1=O. The molecule has 0 aromatic heterocycles. The number of rotatable bonds is 6. The Balaban J connectivity index is 1.60. The van der Waals surface area contributed by atoms with E-state index in [4.69, 9.17) is 4.84 Å². The molecule has 2 aromatic carbocycles. The summed E-state index contributed by atoms with van der Waals surface area (Å²) >= 11 is 0. The highest BCUT2D eigenvalue weighted by molar-refractivity contribution is 6.09. The van der Waals surface area contributed by atoms with Crippen LogP contribution in [-0.4, -0.2) is 29.3 Å². The molecule has 1 aliphatic heterocycles. The molecule has 7 nitrogen and oxygen atoms in total. The molecule has 0 aliphatic carbocycles. The van der Waals surface area contributed by atoms with Crippen LogP contribution in [0.1, 0.15) is 18.1 Å². The van der Waals surface area contributed by atoms with Crippen molar-refractivity contribution in [3.63, 3.8) is 0 Å². The summed E-state index contributed by atoms with van der Waals surface area (Å²) in [4.78, 5) is 42.8. The van der Waals surface area contributed by atoms with Crippen LogP contribution in [0.3, 0.4) is 0 Å². The first kappa shape index (κ1) is 18.5. The number of carbonyl (C=O) groups excluding carboxylic acids is 3. The Morgan fingerprint density at radius 1 is 1.15 bits per heavy atom. The van der Waals surface area contributed by atoms with Crippen LogP contribution in [0, 0.1) is 5.82 Å². The van der Waals surface area contributed by atoms with Crippen LogP contribution in [0.4, 0.5) is 9.18 Å². The summed E-state index contributed by atoms with van der Waals surface area (Å²) in [6, 6.07) is 13.7. The van der Waals surface area contributed by atoms with Gasteiger partial charge in [-0.2, -0.15) is 0 Å². The molecule has 1 fully saturated rings. The van der Waals surface area contributed by atoms with E-state index >= 15 is 0 Å². The van der Waals surface area contributed by atoms with Gasteiger partial charge in [0.2, 0.25) is 0 Å². The van der Waals surface area contributed by atoms with Crippen molar-refractivity contribution in [3.8, 4) is 0 Å². The van der Waals surface area contributed by atoms with Crippen LogP contribution in [0.15, 0.2) is 54.6 Å². The van der Waals surface area contributed by atoms with E-state index in [-0.39, 0.29) is 6.61 Å². The van der Waals surface area contributed by atoms with Gasteiger partial charge in [-0.25, -0.2) is 14.7 Å². The minimum atomic E-state index is -1.37. The summed E-state index contributed by atoms with van der Waals surface area (Å²) in [6.45, 7) is 1.17. The second-order valence-electron chi connectivity index (χ2n) is 6.25. The monoisotopic (exact) mass is 371 g/mol. The second-order valence-corrected chi connectivity index (χ2v) is 6.25. The first-order valence-corrected chi connectivity index (χ1v) is 8.25. The molecule has 140 valence electrons. The van der Waals surface area contributed by atoms with Gasteiger partial charge in [-0.1, -0.05) is 42.5 Å². The number of nitrogens with zero attached hydrogens (tertiary/aromatic N) is 1. The van der Waals surface area contributed by atoms with Crippen LogP contribution < -0.4 is 10.8 Å². The predicted molar refractivity (Wildman–Crippen MR) is 93.4 cm³/mol. The third kappa shape index (κ3) is 3.95. The van der Waals surface area contributed by atoms with Gasteiger partial charge in [0.1, 0.15) is 17.9 Å². The summed E-state index contributed by atoms with van der Waals surface area (Å²) in [5.41, 5.74) is 2.13. The number of hydrogen-bond donors (Lipinski definition) is 2. The molecule has 2 N–H and O–H groups in total. The van der Waals surface area contributed by atoms with Crippen molar-refractivity contribution < 1.29 is 23.6 Å². The molecule has 0 unspecified atom stereocenters. The zero-order valence-corrected chi connectivity index (χ0v) is 14.6. The number of hydrogen-bond acceptors (Lipinski definition) is 4. The summed E-state index contributed by atoms with van der Waals surface area (Å²) in [6.07, 6.45) is 0. The number of imide groups is 1. The minimum Gasteiger partial charge on any atom is -0.319 e. The number of urea groups is 1. The van der Waals surface area contributed by atoms with Crippen LogP contribution in [0.25, 0.3) is 0 Å². The summed E-state index contributed by atoms with van der Waals surface area (Å²) in [7, 11) is 0. The van der Waals surface area contributed by atoms with Crippen LogP contribution in [0.5, 0.6) is 0 Å². The molecule has 0 spiro atoms. The molecule has 4 amide bonds. The molecule has 8 heteroatoms. The van der Waals surface area contributed by atoms with Crippen molar-refractivity contribution in [1.82, 2.24) is 15.7 Å². The van der Waals surface area contributed by atoms with Gasteiger partial charge in [-0.15, -0.1) is 0 Å². The number of amides is 4. The first-order chi connectivity index (χ1) is 12.9. The molecular weight excluding hydrogens is 353 g/mol. The molecule has 1 saturated heterocycles. The summed E-state index contributed by atoms with van der Waals surface area (Å²) in [5.74, 6) is -1.69. The van der Waals surface area contributed by atoms with Gasteiger partial charge in [-0.05, 0) is 30.2 Å². The molecule has 27 heavy (non-hydrogen) atoms. The highest BCUT2D eigenvalue weighted by Crippen LogP contribution is 2.28. The van der Waals surface area contributed by atoms with E-state index in [2.05, 4.69) is 10.8 Å². The van der Waals surface area contributed by atoms with Gasteiger partial charge < -0.3 is 5.32 Å². The van der Waals surface area contributed by atoms with Crippen molar-refractivity contribution in [2.45, 2.75) is 19.1 Å². The summed E-state index contributed by atoms with van der Waals surface area (Å²) in [5, 5.41) is 2.55. The standard InChI is InChI=1S/C19H18FN3O4/c1-19(14-7-9-15(20)10-8-14)17(25)23(18(26)21-19)11-16(24)22-27-12-13-5-3-2-4-6-13/h2-10H,11-12H2,1H3,(H,21,26)(H,22,24)/t19-/m0/s1. The third-order valence-electron chi connectivity index (χ3n) is 4.27. The lowest BCUT2D eigenvalue weighted by molar-refractivity contribution is -0.140. The Kier molecular flexibility index (Phi) is 5.18. The minimum absolute atomic E-state index is 0.153. The Morgan fingerprint density at radius 3 is 2.48 bits per heavy atom. The Hall–Kier alpha value is -3.26. The molecular formula is C19H18FN3O4. The van der Waals surface area contributed by atoms with Crippen molar-refractivity contribution in [1.29, 1.82) is 0 Å². The van der Waals surface area contributed by atoms with Crippen LogP contribution in [0.2, 0.25) is 0 Å². The van der Waals surface area contributed by atoms with Gasteiger partial charge in [0.15, 0.2) is 0 Å². The van der Waals surface area contributed by atoms with E-state index in [1.807, 2.05) is 30.3 Å². The number of benzene rings is 2. The highest BCUT2D eigenvalue weighted by atomic mass is 19.1. The summed E-state index contributed by atoms with van der Waals surface area (Å²) < 4.78 is 13.1. The Bertz CT molecular complexity index is 857. The fourth-order valence-electron chi connectivity index (χ4n) is 2.77. The highest BCUT2D eigenvalue weighted by Gasteiger charge is 2.49. The van der Waals surface area contributed by atoms with Crippen molar-refractivity contribution in [2.75, 3.05) is 6.54 Å². The van der Waals surface area contributed by atoms with Crippen LogP contribution in [-0.2, 0) is 26.6 Å². The van der Waals surface area contributed by atoms with Crippen molar-refractivity contribution >= 4 is 17.8 Å². The smallest absolute Gasteiger partial charge is 0.319 e. The largest absolute Gasteiger partial charge is 0.325 e. The van der Waals surface area contributed by atoms with Crippen molar-refractivity contribution in [3.05, 3.63) is 71.5 Å². The first-order valence-electron chi connectivity index (χ1n) is 8.25. The van der Waals surface area contributed by atoms with Crippen LogP contribution >= 0.6 is 0 Å². The fraction of sp³-hybridized carbons (Fsp3) is 0.211. The maximum Gasteiger partial charge on any atom is 0.325 e. The third-order valence-corrected chi connectivity index (χ3v) is 4.27. The number of nitrogens with one attached hydrogen (secondary N) is 2. The average Bonchev–Trinajstić information content (AvgIpc) is 2.87. The molecule has 0 saturated carbocycles. The molecule has 2 aromatic rings. The van der Waals surface area contributed by atoms with E-state index < -0.39 is 35.7 Å². The van der Waals surface area contributed by atoms with Crippen molar-refractivity contribution in [2.24, 2.45) is 0 Å². The molecule has 3 rings (SSSR count). The molecule has 0 radical (unpaired) electrons. The lowest BCUT2D eigenvalue weighted by atomic mass is 9.92. The zero-order chi connectivity index (χ0) is 19.4. The van der Waals surface area contributed by atoms with Gasteiger partial charge in [0.05, 0.1) is 6.61 Å². The predicted octanol–water partition coefficient (Wildman–Crippen LogP) is 1.84.